The van der Waals surface area contributed by atoms with E-state index < -0.39 is 5.60 Å². The van der Waals surface area contributed by atoms with Crippen LogP contribution in [0.15, 0.2) is 36.7 Å². The van der Waals surface area contributed by atoms with Crippen LogP contribution in [-0.2, 0) is 12.6 Å². The average molecular weight is 364 g/mol. The lowest BCUT2D eigenvalue weighted by molar-refractivity contribution is -0.153. The third kappa shape index (κ3) is 2.15. The van der Waals surface area contributed by atoms with Gasteiger partial charge in [0, 0.05) is 40.7 Å². The first kappa shape index (κ1) is 15.9. The van der Waals surface area contributed by atoms with Gasteiger partial charge in [0.05, 0.1) is 5.69 Å². The van der Waals surface area contributed by atoms with Gasteiger partial charge in [-0.3, -0.25) is 4.68 Å². The molecule has 1 atom stereocenters. The van der Waals surface area contributed by atoms with Gasteiger partial charge in [0.15, 0.2) is 5.65 Å². The van der Waals surface area contributed by atoms with Crippen LogP contribution in [0.25, 0.3) is 32.5 Å². The number of fused-ring (bicyclic) bond motifs is 2. The molecule has 1 N–H and O–H groups in total. The number of pyridine rings is 2. The van der Waals surface area contributed by atoms with Gasteiger partial charge in [-0.15, -0.1) is 11.3 Å². The number of thiophene rings is 1. The van der Waals surface area contributed by atoms with E-state index in [1.807, 2.05) is 25.5 Å². The van der Waals surface area contributed by atoms with E-state index in [4.69, 9.17) is 4.98 Å². The summed E-state index contributed by atoms with van der Waals surface area (Å²) in [7, 11) is 1.89. The topological polar surface area (TPSA) is 63.8 Å². The molecule has 5 rings (SSSR count). The van der Waals surface area contributed by atoms with Gasteiger partial charge in [-0.05, 0) is 42.5 Å². The fourth-order valence-corrected chi connectivity index (χ4v) is 5.10. The lowest BCUT2D eigenvalue weighted by Crippen LogP contribution is -2.50. The molecule has 5 nitrogen and oxygen atoms in total. The van der Waals surface area contributed by atoms with Gasteiger partial charge in [-0.1, -0.05) is 13.8 Å². The lowest BCUT2D eigenvalue weighted by atomic mass is 9.58. The Hall–Kier alpha value is -2.31. The minimum atomic E-state index is -0.727. The molecule has 0 spiro atoms. The number of hydrogen-bond donors (Lipinski definition) is 1. The zero-order valence-corrected chi connectivity index (χ0v) is 15.8. The van der Waals surface area contributed by atoms with E-state index in [9.17, 15) is 5.11 Å². The molecular formula is C20H20N4OS. The number of hydrogen-bond acceptors (Lipinski definition) is 5. The summed E-state index contributed by atoms with van der Waals surface area (Å²) >= 11 is 1.60. The van der Waals surface area contributed by atoms with Gasteiger partial charge < -0.3 is 5.11 Å². The molecule has 1 aliphatic rings. The predicted molar refractivity (Wildman–Crippen MR) is 104 cm³/mol. The summed E-state index contributed by atoms with van der Waals surface area (Å²) < 4.78 is 1.77. The maximum atomic E-state index is 11.1. The Bertz CT molecular complexity index is 1160. The molecule has 132 valence electrons. The summed E-state index contributed by atoms with van der Waals surface area (Å²) in [5.74, 6) is 0. The maximum Gasteiger partial charge on any atom is 0.181 e. The second kappa shape index (κ2) is 5.11. The van der Waals surface area contributed by atoms with E-state index >= 15 is 0 Å². The van der Waals surface area contributed by atoms with Crippen molar-refractivity contribution in [2.24, 2.45) is 12.5 Å². The Kier molecular flexibility index (Phi) is 3.13. The third-order valence-corrected chi connectivity index (χ3v) is 6.99. The van der Waals surface area contributed by atoms with Crippen molar-refractivity contribution in [1.29, 1.82) is 0 Å². The number of rotatable bonds is 2. The highest BCUT2D eigenvalue weighted by molar-refractivity contribution is 7.18. The molecular weight excluding hydrogens is 344 g/mol. The van der Waals surface area contributed by atoms with E-state index in [1.165, 1.54) is 0 Å². The molecule has 0 aromatic carbocycles. The second-order valence-electron chi connectivity index (χ2n) is 7.89. The fraction of sp³-hybridized carbons (Fsp3) is 0.350. The summed E-state index contributed by atoms with van der Waals surface area (Å²) in [4.78, 5) is 11.3. The molecule has 0 aliphatic heterocycles. The van der Waals surface area contributed by atoms with Crippen LogP contribution in [0, 0.1) is 5.41 Å². The smallest absolute Gasteiger partial charge is 0.181 e. The van der Waals surface area contributed by atoms with Crippen LogP contribution in [-0.4, -0.2) is 24.9 Å². The molecule has 1 saturated carbocycles. The van der Waals surface area contributed by atoms with Gasteiger partial charge in [-0.2, -0.15) is 5.10 Å². The van der Waals surface area contributed by atoms with Crippen molar-refractivity contribution in [3.05, 3.63) is 41.5 Å². The SMILES string of the molecule is Cn1cc2cc(-c3ccc4cc(C5(O)CCC5(C)C)sc4n3)cnc2n1. The van der Waals surface area contributed by atoms with Crippen LogP contribution in [0.1, 0.15) is 31.6 Å². The van der Waals surface area contributed by atoms with E-state index in [2.05, 4.69) is 42.1 Å². The summed E-state index contributed by atoms with van der Waals surface area (Å²) in [6.45, 7) is 4.27. The minimum absolute atomic E-state index is 0.0774. The molecule has 4 aromatic heterocycles. The highest BCUT2D eigenvalue weighted by atomic mass is 32.1. The van der Waals surface area contributed by atoms with Gasteiger partial charge in [0.2, 0.25) is 0 Å². The molecule has 6 heteroatoms. The van der Waals surface area contributed by atoms with Crippen molar-refractivity contribution >= 4 is 32.6 Å². The number of aliphatic hydroxyl groups is 1. The Labute approximate surface area is 155 Å². The molecule has 0 amide bonds. The van der Waals surface area contributed by atoms with Crippen molar-refractivity contribution in [1.82, 2.24) is 19.7 Å². The minimum Gasteiger partial charge on any atom is -0.384 e. The Morgan fingerprint density at radius 3 is 2.73 bits per heavy atom. The monoisotopic (exact) mass is 364 g/mol. The summed E-state index contributed by atoms with van der Waals surface area (Å²) in [5.41, 5.74) is 1.81. The molecule has 4 aromatic rings. The van der Waals surface area contributed by atoms with Crippen LogP contribution >= 0.6 is 11.3 Å². The second-order valence-corrected chi connectivity index (χ2v) is 8.92. The first-order valence-electron chi connectivity index (χ1n) is 8.79. The van der Waals surface area contributed by atoms with Crippen LogP contribution in [0.5, 0.6) is 0 Å². The van der Waals surface area contributed by atoms with Gasteiger partial charge >= 0.3 is 0 Å². The molecule has 1 unspecified atom stereocenters. The van der Waals surface area contributed by atoms with Crippen molar-refractivity contribution in [2.75, 3.05) is 0 Å². The highest BCUT2D eigenvalue weighted by Crippen LogP contribution is 2.57. The van der Waals surface area contributed by atoms with Crippen molar-refractivity contribution in [3.8, 4) is 11.3 Å². The predicted octanol–water partition coefficient (Wildman–Crippen LogP) is 4.25. The fourth-order valence-electron chi connectivity index (χ4n) is 3.77. The van der Waals surface area contributed by atoms with E-state index in [0.717, 1.165) is 50.2 Å². The normalized spacial score (nSPS) is 22.0. The van der Waals surface area contributed by atoms with Crippen molar-refractivity contribution in [2.45, 2.75) is 32.3 Å². The Morgan fingerprint density at radius 2 is 2.00 bits per heavy atom. The lowest BCUT2D eigenvalue weighted by Gasteiger charge is -2.52. The first-order chi connectivity index (χ1) is 12.4. The first-order valence-corrected chi connectivity index (χ1v) is 9.61. The molecule has 1 aliphatic carbocycles. The van der Waals surface area contributed by atoms with Gasteiger partial charge in [-0.25, -0.2) is 9.97 Å². The molecule has 0 saturated heterocycles. The van der Waals surface area contributed by atoms with Gasteiger partial charge in [0.25, 0.3) is 0 Å². The average Bonchev–Trinajstić information content (AvgIpc) is 3.20. The third-order valence-electron chi connectivity index (χ3n) is 5.79. The van der Waals surface area contributed by atoms with Crippen molar-refractivity contribution < 1.29 is 5.11 Å². The van der Waals surface area contributed by atoms with Crippen LogP contribution in [0.3, 0.4) is 0 Å². The van der Waals surface area contributed by atoms with E-state index in [0.29, 0.717) is 0 Å². The molecule has 1 fully saturated rings. The summed E-state index contributed by atoms with van der Waals surface area (Å²) in [6.07, 6.45) is 5.65. The van der Waals surface area contributed by atoms with Crippen LogP contribution < -0.4 is 0 Å². The Morgan fingerprint density at radius 1 is 1.15 bits per heavy atom. The standard InChI is InChI=1S/C20H20N4OS/c1-19(2)6-7-20(19,25)16-9-12-4-5-15(22-18(12)26-16)13-8-14-11-24(3)23-17(14)21-10-13/h4-5,8-11,25H,6-7H2,1-3H3. The zero-order valence-electron chi connectivity index (χ0n) is 15.0. The molecule has 0 radical (unpaired) electrons. The number of aromatic nitrogens is 4. The highest BCUT2D eigenvalue weighted by Gasteiger charge is 2.53. The van der Waals surface area contributed by atoms with E-state index in [1.54, 1.807) is 16.0 Å². The molecule has 0 bridgehead atoms. The quantitative estimate of drug-likeness (QED) is 0.577. The van der Waals surface area contributed by atoms with Crippen molar-refractivity contribution in [3.63, 3.8) is 0 Å². The van der Waals surface area contributed by atoms with Crippen LogP contribution in [0.2, 0.25) is 0 Å². The molecule has 26 heavy (non-hydrogen) atoms. The number of nitrogens with zero attached hydrogens (tertiary/aromatic N) is 4. The van der Waals surface area contributed by atoms with Gasteiger partial charge in [0.1, 0.15) is 10.4 Å². The maximum absolute atomic E-state index is 11.1. The van der Waals surface area contributed by atoms with Crippen LogP contribution in [0.4, 0.5) is 0 Å². The zero-order chi connectivity index (χ0) is 18.1. The number of aryl methyl sites for hydroxylation is 1. The largest absolute Gasteiger partial charge is 0.384 e. The summed E-state index contributed by atoms with van der Waals surface area (Å²) in [6, 6.07) is 8.27. The van der Waals surface area contributed by atoms with E-state index in [-0.39, 0.29) is 5.41 Å². The summed E-state index contributed by atoms with van der Waals surface area (Å²) in [5, 5.41) is 17.5. The Balaban J connectivity index is 1.59. The molecule has 4 heterocycles.